The number of ether oxygens (including phenoxy) is 1. The van der Waals surface area contributed by atoms with Gasteiger partial charge in [0.25, 0.3) is 5.91 Å². The van der Waals surface area contributed by atoms with Crippen molar-refractivity contribution in [1.29, 1.82) is 0 Å². The maximum Gasteiger partial charge on any atom is 0.305 e. The first kappa shape index (κ1) is 23.6. The van der Waals surface area contributed by atoms with E-state index in [4.69, 9.17) is 9.84 Å². The van der Waals surface area contributed by atoms with Crippen molar-refractivity contribution in [1.82, 2.24) is 5.32 Å². The highest BCUT2D eigenvalue weighted by atomic mass is 31.2. The molecule has 0 aliphatic carbocycles. The van der Waals surface area contributed by atoms with Gasteiger partial charge >= 0.3 is 5.97 Å². The molecular weight excluding hydrogens is 407 g/mol. The van der Waals surface area contributed by atoms with Crippen molar-refractivity contribution in [2.75, 3.05) is 6.66 Å². The van der Waals surface area contributed by atoms with E-state index in [1.165, 1.54) is 24.9 Å². The number of carboxylic acid groups (broad SMARTS) is 1. The van der Waals surface area contributed by atoms with Gasteiger partial charge in [-0.1, -0.05) is 12.1 Å². The van der Waals surface area contributed by atoms with Gasteiger partial charge in [-0.2, -0.15) is 0 Å². The first-order chi connectivity index (χ1) is 13.9. The minimum absolute atomic E-state index is 0.0381. The number of carbonyl (C=O) groups is 2. The van der Waals surface area contributed by atoms with Crippen LogP contribution in [0.15, 0.2) is 30.3 Å². The van der Waals surface area contributed by atoms with Crippen LogP contribution in [0.5, 0.6) is 17.2 Å². The van der Waals surface area contributed by atoms with Crippen molar-refractivity contribution in [3.8, 4) is 17.2 Å². The molecule has 8 nitrogen and oxygen atoms in total. The molecule has 0 aromatic heterocycles. The third-order valence-electron chi connectivity index (χ3n) is 4.29. The lowest BCUT2D eigenvalue weighted by atomic mass is 9.84. The summed E-state index contributed by atoms with van der Waals surface area (Å²) in [7, 11) is 0.419. The molecule has 0 bridgehead atoms. The van der Waals surface area contributed by atoms with Crippen molar-refractivity contribution in [3.63, 3.8) is 0 Å². The molecule has 2 rings (SSSR count). The molecule has 1 amide bonds. The summed E-state index contributed by atoms with van der Waals surface area (Å²) in [6, 6.07) is 7.14. The molecule has 2 atom stereocenters. The number of hydrogen-bond donors (Lipinski definition) is 4. The van der Waals surface area contributed by atoms with E-state index in [1.54, 1.807) is 19.1 Å². The van der Waals surface area contributed by atoms with Crippen molar-refractivity contribution in [3.05, 3.63) is 41.5 Å². The highest BCUT2D eigenvalue weighted by Gasteiger charge is 2.18. The summed E-state index contributed by atoms with van der Waals surface area (Å²) in [5.41, 5.74) is 2.20. The first-order valence-corrected chi connectivity index (χ1v) is 11.6. The third kappa shape index (κ3) is 6.68. The summed E-state index contributed by atoms with van der Waals surface area (Å²) >= 11 is 0. The fourth-order valence-electron chi connectivity index (χ4n) is 3.12. The standard InChI is InChI=1S/C19H24B2NO7P/c1-10(5-17(24)25)22-19(26)13-8-12(3-4-16(13)23)29-18-14(20)6-11(7-15(18)21)9-30(2,27)28/h3-4,6-8,10,23H,5,9,20-21H2,1-2H3,(H,22,26)(H,24,25)(H,27,28). The van der Waals surface area contributed by atoms with Gasteiger partial charge in [0.2, 0.25) is 7.37 Å². The van der Waals surface area contributed by atoms with Gasteiger partial charge in [0.1, 0.15) is 32.9 Å². The predicted octanol–water partition coefficient (Wildman–Crippen LogP) is -0.306. The van der Waals surface area contributed by atoms with Gasteiger partial charge in [-0.15, -0.1) is 0 Å². The largest absolute Gasteiger partial charge is 0.507 e. The molecule has 2 unspecified atom stereocenters. The summed E-state index contributed by atoms with van der Waals surface area (Å²) in [6.45, 7) is 2.86. The van der Waals surface area contributed by atoms with Crippen LogP contribution in [-0.2, 0) is 15.5 Å². The Labute approximate surface area is 176 Å². The molecule has 0 aliphatic heterocycles. The number of carboxylic acids is 1. The van der Waals surface area contributed by atoms with Crippen molar-refractivity contribution >= 4 is 45.9 Å². The topological polar surface area (TPSA) is 133 Å². The SMILES string of the molecule is Bc1cc(CP(C)(=O)O)cc(B)c1Oc1ccc(O)c(C(=O)NC(C)CC(=O)O)c1. The highest BCUT2D eigenvalue weighted by molar-refractivity contribution is 7.56. The van der Waals surface area contributed by atoms with E-state index in [9.17, 15) is 24.2 Å². The maximum absolute atomic E-state index is 12.4. The summed E-state index contributed by atoms with van der Waals surface area (Å²) in [5, 5.41) is 21.4. The number of phenolic OH excluding ortho intramolecular Hbond substituents is 1. The lowest BCUT2D eigenvalue weighted by molar-refractivity contribution is -0.137. The number of rotatable bonds is 8. The van der Waals surface area contributed by atoms with Crippen LogP contribution in [0.2, 0.25) is 0 Å². The lowest BCUT2D eigenvalue weighted by Crippen LogP contribution is -2.34. The molecule has 0 spiro atoms. The number of amides is 1. The lowest BCUT2D eigenvalue weighted by Gasteiger charge is -2.17. The van der Waals surface area contributed by atoms with Crippen molar-refractivity contribution in [2.45, 2.75) is 25.5 Å². The van der Waals surface area contributed by atoms with Gasteiger partial charge in [-0.05, 0) is 41.6 Å². The Morgan fingerprint density at radius 2 is 1.80 bits per heavy atom. The monoisotopic (exact) mass is 431 g/mol. The van der Waals surface area contributed by atoms with E-state index < -0.39 is 25.3 Å². The quantitative estimate of drug-likeness (QED) is 0.333. The molecule has 11 heteroatoms. The summed E-state index contributed by atoms with van der Waals surface area (Å²) in [6.07, 6.45) is -0.182. The molecule has 4 N–H and O–H groups in total. The smallest absolute Gasteiger partial charge is 0.305 e. The molecule has 0 saturated carbocycles. The Bertz CT molecular complexity index is 999. The second kappa shape index (κ2) is 9.41. The highest BCUT2D eigenvalue weighted by Crippen LogP contribution is 2.39. The molecule has 2 aromatic rings. The van der Waals surface area contributed by atoms with Crippen LogP contribution in [0.4, 0.5) is 0 Å². The van der Waals surface area contributed by atoms with E-state index in [0.29, 0.717) is 11.5 Å². The number of benzene rings is 2. The molecular formula is C19H24B2NO7P. The van der Waals surface area contributed by atoms with Crippen LogP contribution >= 0.6 is 7.37 Å². The van der Waals surface area contributed by atoms with Crippen molar-refractivity contribution in [2.24, 2.45) is 0 Å². The van der Waals surface area contributed by atoms with Crippen LogP contribution in [-0.4, -0.2) is 55.4 Å². The van der Waals surface area contributed by atoms with Gasteiger partial charge in [-0.3, -0.25) is 14.2 Å². The molecule has 0 saturated heterocycles. The molecule has 158 valence electrons. The van der Waals surface area contributed by atoms with Crippen LogP contribution < -0.4 is 21.0 Å². The van der Waals surface area contributed by atoms with E-state index in [0.717, 1.165) is 16.5 Å². The maximum atomic E-state index is 12.4. The Morgan fingerprint density at radius 1 is 1.20 bits per heavy atom. The summed E-state index contributed by atoms with van der Waals surface area (Å²) in [4.78, 5) is 32.8. The molecule has 0 fully saturated rings. The Balaban J connectivity index is 2.26. The molecule has 0 radical (unpaired) electrons. The number of carbonyl (C=O) groups excluding carboxylic acids is 1. The zero-order valence-corrected chi connectivity index (χ0v) is 18.2. The van der Waals surface area contributed by atoms with E-state index in [1.807, 2.05) is 15.7 Å². The Hall–Kier alpha value is -2.70. The van der Waals surface area contributed by atoms with Gasteiger partial charge in [-0.25, -0.2) is 0 Å². The van der Waals surface area contributed by atoms with Crippen molar-refractivity contribution < 1.29 is 34.0 Å². The number of nitrogens with one attached hydrogen (secondary N) is 1. The minimum atomic E-state index is -3.20. The van der Waals surface area contributed by atoms with Gasteiger partial charge in [0, 0.05) is 18.9 Å². The molecule has 30 heavy (non-hydrogen) atoms. The summed E-state index contributed by atoms with van der Waals surface area (Å²) < 4.78 is 17.6. The molecule has 0 heterocycles. The zero-order valence-electron chi connectivity index (χ0n) is 17.3. The average Bonchev–Trinajstić information content (AvgIpc) is 2.57. The second-order valence-corrected chi connectivity index (χ2v) is 9.94. The number of hydrogen-bond acceptors (Lipinski definition) is 5. The number of phenols is 1. The fraction of sp³-hybridized carbons (Fsp3) is 0.263. The first-order valence-electron chi connectivity index (χ1n) is 9.28. The van der Waals surface area contributed by atoms with Gasteiger partial charge in [0.05, 0.1) is 12.0 Å². The molecule has 2 aromatic carbocycles. The zero-order chi connectivity index (χ0) is 22.6. The predicted molar refractivity (Wildman–Crippen MR) is 120 cm³/mol. The average molecular weight is 431 g/mol. The third-order valence-corrected chi connectivity index (χ3v) is 5.24. The van der Waals surface area contributed by atoms with E-state index in [2.05, 4.69) is 5.32 Å². The summed E-state index contributed by atoms with van der Waals surface area (Å²) in [5.74, 6) is -1.06. The van der Waals surface area contributed by atoms with E-state index >= 15 is 0 Å². The van der Waals surface area contributed by atoms with Gasteiger partial charge < -0.3 is 25.2 Å². The van der Waals surface area contributed by atoms with E-state index in [-0.39, 0.29) is 23.9 Å². The second-order valence-electron chi connectivity index (χ2n) is 7.52. The van der Waals surface area contributed by atoms with Crippen LogP contribution in [0.3, 0.4) is 0 Å². The van der Waals surface area contributed by atoms with Crippen LogP contribution in [0, 0.1) is 0 Å². The fourth-order valence-corrected chi connectivity index (χ4v) is 3.98. The molecule has 0 aliphatic rings. The minimum Gasteiger partial charge on any atom is -0.507 e. The van der Waals surface area contributed by atoms with Crippen LogP contribution in [0.25, 0.3) is 0 Å². The van der Waals surface area contributed by atoms with Crippen LogP contribution in [0.1, 0.15) is 29.3 Å². The normalized spacial score (nSPS) is 13.8. The number of aliphatic carboxylic acids is 1. The van der Waals surface area contributed by atoms with Gasteiger partial charge in [0.15, 0.2) is 0 Å². The Morgan fingerprint density at radius 3 is 2.33 bits per heavy atom. The Kier molecular flexibility index (Phi) is 7.39. The number of aromatic hydroxyl groups is 1.